The van der Waals surface area contributed by atoms with E-state index >= 15 is 0 Å². The smallest absolute Gasteiger partial charge is 0.122 e. The zero-order chi connectivity index (χ0) is 9.54. The largest absolute Gasteiger partial charge is 0.493 e. The van der Waals surface area contributed by atoms with Gasteiger partial charge in [-0.25, -0.2) is 0 Å². The second-order valence-corrected chi connectivity index (χ2v) is 4.26. The van der Waals surface area contributed by atoms with Gasteiger partial charge < -0.3 is 10.5 Å². The number of nitrogens with two attached hydrogens (primary N) is 1. The maximum Gasteiger partial charge on any atom is 0.122 e. The van der Waals surface area contributed by atoms with Crippen LogP contribution in [0.3, 0.4) is 0 Å². The lowest BCUT2D eigenvalue weighted by Gasteiger charge is -2.05. The van der Waals surface area contributed by atoms with Gasteiger partial charge in [0.1, 0.15) is 5.75 Å². The Morgan fingerprint density at radius 3 is 3.00 bits per heavy atom. The molecule has 3 rings (SSSR count). The van der Waals surface area contributed by atoms with Crippen molar-refractivity contribution in [2.45, 2.75) is 26.2 Å². The van der Waals surface area contributed by atoms with Gasteiger partial charge in [0.05, 0.1) is 6.61 Å². The SMILES string of the molecule is C.NC[C@@H]1CC1c1cccc2c1CCO2. The Bertz CT molecular complexity index is 362. The van der Waals surface area contributed by atoms with E-state index in [0.29, 0.717) is 0 Å². The van der Waals surface area contributed by atoms with Crippen molar-refractivity contribution in [3.63, 3.8) is 0 Å². The van der Waals surface area contributed by atoms with Gasteiger partial charge in [-0.3, -0.25) is 0 Å². The van der Waals surface area contributed by atoms with Gasteiger partial charge in [0.25, 0.3) is 0 Å². The molecule has 82 valence electrons. The van der Waals surface area contributed by atoms with Crippen molar-refractivity contribution in [2.75, 3.05) is 13.2 Å². The van der Waals surface area contributed by atoms with E-state index in [0.717, 1.165) is 37.2 Å². The number of fused-ring (bicyclic) bond motifs is 1. The molecule has 1 aliphatic carbocycles. The minimum absolute atomic E-state index is 0. The molecule has 1 aliphatic heterocycles. The van der Waals surface area contributed by atoms with Gasteiger partial charge in [-0.2, -0.15) is 0 Å². The number of hydrogen-bond acceptors (Lipinski definition) is 2. The average molecular weight is 205 g/mol. The van der Waals surface area contributed by atoms with Gasteiger partial charge in [0.2, 0.25) is 0 Å². The zero-order valence-electron chi connectivity index (χ0n) is 8.20. The second-order valence-electron chi connectivity index (χ2n) is 4.26. The molecule has 2 atom stereocenters. The monoisotopic (exact) mass is 205 g/mol. The molecule has 0 amide bonds. The number of benzene rings is 1. The van der Waals surface area contributed by atoms with Crippen LogP contribution < -0.4 is 10.5 Å². The third-order valence-corrected chi connectivity index (χ3v) is 3.40. The summed E-state index contributed by atoms with van der Waals surface area (Å²) in [6.45, 7) is 1.68. The molecule has 15 heavy (non-hydrogen) atoms. The highest BCUT2D eigenvalue weighted by molar-refractivity contribution is 5.46. The third kappa shape index (κ3) is 1.63. The molecule has 2 heteroatoms. The summed E-state index contributed by atoms with van der Waals surface area (Å²) in [4.78, 5) is 0. The summed E-state index contributed by atoms with van der Waals surface area (Å²) >= 11 is 0. The van der Waals surface area contributed by atoms with Crippen molar-refractivity contribution in [1.82, 2.24) is 0 Å². The van der Waals surface area contributed by atoms with Crippen LogP contribution in [-0.2, 0) is 6.42 Å². The van der Waals surface area contributed by atoms with Gasteiger partial charge in [0.15, 0.2) is 0 Å². The quantitative estimate of drug-likeness (QED) is 0.804. The first-order valence-corrected chi connectivity index (χ1v) is 5.35. The number of rotatable bonds is 2. The summed E-state index contributed by atoms with van der Waals surface area (Å²) in [6.07, 6.45) is 2.35. The Morgan fingerprint density at radius 1 is 1.40 bits per heavy atom. The van der Waals surface area contributed by atoms with Gasteiger partial charge >= 0.3 is 0 Å². The Hall–Kier alpha value is -1.02. The van der Waals surface area contributed by atoms with Crippen molar-refractivity contribution < 1.29 is 4.74 Å². The molecule has 0 saturated heterocycles. The van der Waals surface area contributed by atoms with Crippen LogP contribution in [0.25, 0.3) is 0 Å². The van der Waals surface area contributed by atoms with E-state index in [9.17, 15) is 0 Å². The van der Waals surface area contributed by atoms with Crippen LogP contribution in [0.4, 0.5) is 0 Å². The minimum Gasteiger partial charge on any atom is -0.493 e. The first kappa shape index (κ1) is 10.5. The van der Waals surface area contributed by atoms with E-state index in [1.165, 1.54) is 17.5 Å². The molecule has 2 N–H and O–H groups in total. The van der Waals surface area contributed by atoms with E-state index in [-0.39, 0.29) is 7.43 Å². The highest BCUT2D eigenvalue weighted by Crippen LogP contribution is 2.49. The lowest BCUT2D eigenvalue weighted by Crippen LogP contribution is -2.02. The Kier molecular flexibility index (Phi) is 2.70. The summed E-state index contributed by atoms with van der Waals surface area (Å²) in [5, 5.41) is 0. The lowest BCUT2D eigenvalue weighted by atomic mass is 10.00. The highest BCUT2D eigenvalue weighted by Gasteiger charge is 2.39. The fourth-order valence-electron chi connectivity index (χ4n) is 2.48. The lowest BCUT2D eigenvalue weighted by molar-refractivity contribution is 0.357. The van der Waals surface area contributed by atoms with Crippen LogP contribution in [0.2, 0.25) is 0 Å². The molecular formula is C13H19NO. The van der Waals surface area contributed by atoms with Gasteiger partial charge in [-0.05, 0) is 36.4 Å². The Morgan fingerprint density at radius 2 is 2.27 bits per heavy atom. The molecule has 0 spiro atoms. The summed E-state index contributed by atoms with van der Waals surface area (Å²) in [6, 6.07) is 6.42. The predicted octanol–water partition coefficient (Wildman–Crippen LogP) is 2.32. The topological polar surface area (TPSA) is 35.2 Å². The summed E-state index contributed by atoms with van der Waals surface area (Å²) < 4.78 is 5.55. The standard InChI is InChI=1S/C12H15NO.CH4/c13-7-8-6-11(8)9-2-1-3-12-10(9)4-5-14-12;/h1-3,8,11H,4-7,13H2;1H4/t8-,11?;/m0./s1. The normalized spacial score (nSPS) is 26.5. The molecule has 1 unspecified atom stereocenters. The molecule has 2 aliphatic rings. The van der Waals surface area contributed by atoms with E-state index in [1.54, 1.807) is 0 Å². The van der Waals surface area contributed by atoms with Crippen molar-refractivity contribution in [3.8, 4) is 5.75 Å². The predicted molar refractivity (Wildman–Crippen MR) is 62.3 cm³/mol. The van der Waals surface area contributed by atoms with E-state index in [1.807, 2.05) is 0 Å². The maximum absolute atomic E-state index is 5.68. The Balaban J connectivity index is 0.000000853. The molecule has 1 aromatic carbocycles. The molecule has 1 aromatic rings. The van der Waals surface area contributed by atoms with Gasteiger partial charge in [-0.15, -0.1) is 0 Å². The van der Waals surface area contributed by atoms with Crippen molar-refractivity contribution in [3.05, 3.63) is 29.3 Å². The van der Waals surface area contributed by atoms with E-state index in [4.69, 9.17) is 10.5 Å². The zero-order valence-corrected chi connectivity index (χ0v) is 8.20. The molecule has 1 fully saturated rings. The van der Waals surface area contributed by atoms with Crippen LogP contribution in [0, 0.1) is 5.92 Å². The molecule has 0 radical (unpaired) electrons. The second kappa shape index (κ2) is 3.86. The first-order valence-electron chi connectivity index (χ1n) is 5.35. The number of ether oxygens (including phenoxy) is 1. The van der Waals surface area contributed by atoms with Crippen molar-refractivity contribution >= 4 is 0 Å². The van der Waals surface area contributed by atoms with Crippen LogP contribution in [0.15, 0.2) is 18.2 Å². The molecule has 2 nitrogen and oxygen atoms in total. The van der Waals surface area contributed by atoms with E-state index in [2.05, 4.69) is 18.2 Å². The summed E-state index contributed by atoms with van der Waals surface area (Å²) in [5.41, 5.74) is 8.61. The highest BCUT2D eigenvalue weighted by atomic mass is 16.5. The maximum atomic E-state index is 5.68. The fraction of sp³-hybridized carbons (Fsp3) is 0.538. The average Bonchev–Trinajstić information content (AvgIpc) is 2.85. The van der Waals surface area contributed by atoms with Crippen molar-refractivity contribution in [1.29, 1.82) is 0 Å². The van der Waals surface area contributed by atoms with Crippen LogP contribution in [0.1, 0.15) is 30.9 Å². The van der Waals surface area contributed by atoms with Gasteiger partial charge in [-0.1, -0.05) is 19.6 Å². The van der Waals surface area contributed by atoms with Crippen LogP contribution in [-0.4, -0.2) is 13.2 Å². The molecule has 1 heterocycles. The molecular weight excluding hydrogens is 186 g/mol. The van der Waals surface area contributed by atoms with Gasteiger partial charge in [0, 0.05) is 12.0 Å². The first-order chi connectivity index (χ1) is 6.90. The summed E-state index contributed by atoms with van der Waals surface area (Å²) in [7, 11) is 0. The summed E-state index contributed by atoms with van der Waals surface area (Å²) in [5.74, 6) is 2.55. The van der Waals surface area contributed by atoms with Crippen molar-refractivity contribution in [2.24, 2.45) is 11.7 Å². The Labute approximate surface area is 91.4 Å². The van der Waals surface area contributed by atoms with Crippen LogP contribution >= 0.6 is 0 Å². The third-order valence-electron chi connectivity index (χ3n) is 3.40. The molecule has 0 aromatic heterocycles. The minimum atomic E-state index is 0. The number of hydrogen-bond donors (Lipinski definition) is 1. The molecule has 1 saturated carbocycles. The molecule has 0 bridgehead atoms. The van der Waals surface area contributed by atoms with E-state index < -0.39 is 0 Å². The van der Waals surface area contributed by atoms with Crippen LogP contribution in [0.5, 0.6) is 5.75 Å². The fourth-order valence-corrected chi connectivity index (χ4v) is 2.48.